The number of likely N-dealkylation sites (tertiary alicyclic amines) is 1. The van der Waals surface area contributed by atoms with Crippen LogP contribution in [0.3, 0.4) is 0 Å². The van der Waals surface area contributed by atoms with Crippen LogP contribution in [0.4, 0.5) is 10.6 Å². The molecule has 148 valence electrons. The summed E-state index contributed by atoms with van der Waals surface area (Å²) in [6.45, 7) is 6.87. The molecule has 9 heteroatoms. The minimum absolute atomic E-state index is 0.0847. The minimum Gasteiger partial charge on any atom is -0.333 e. The van der Waals surface area contributed by atoms with Gasteiger partial charge in [-0.2, -0.15) is 0 Å². The van der Waals surface area contributed by atoms with Gasteiger partial charge in [-0.25, -0.2) is 9.78 Å². The number of nitrogens with zero attached hydrogens (tertiary/aromatic N) is 2. The first-order valence-electron chi connectivity index (χ1n) is 8.89. The molecule has 2 heterocycles. The number of urea groups is 1. The second-order valence-corrected chi connectivity index (χ2v) is 8.09. The van der Waals surface area contributed by atoms with Crippen LogP contribution in [0.15, 0.2) is 18.3 Å². The van der Waals surface area contributed by atoms with Gasteiger partial charge in [0.15, 0.2) is 0 Å². The van der Waals surface area contributed by atoms with Crippen LogP contribution in [0.25, 0.3) is 0 Å². The standard InChI is InChI=1S/C18H26ClN5O3/c1-18(2,3)23-17(27)22-15(25)11-24-8-6-12(7-9-24)16(26)21-14-5-4-13(19)10-20-14/h4-5,10,12H,6-9,11H2,1-3H3,(H,20,21,26)(H2,22,23,25,27). The molecular weight excluding hydrogens is 370 g/mol. The van der Waals surface area contributed by atoms with Crippen LogP contribution in [0.2, 0.25) is 5.02 Å². The molecular formula is C18H26ClN5O3. The maximum atomic E-state index is 12.3. The number of aromatic nitrogens is 1. The van der Waals surface area contributed by atoms with Gasteiger partial charge in [-0.05, 0) is 58.8 Å². The number of anilines is 1. The van der Waals surface area contributed by atoms with Crippen molar-refractivity contribution in [2.75, 3.05) is 25.0 Å². The third-order valence-electron chi connectivity index (χ3n) is 4.05. The van der Waals surface area contributed by atoms with Gasteiger partial charge in [-0.1, -0.05) is 11.6 Å². The second-order valence-electron chi connectivity index (χ2n) is 7.65. The smallest absolute Gasteiger partial charge is 0.321 e. The molecule has 0 spiro atoms. The lowest BCUT2D eigenvalue weighted by Gasteiger charge is -2.30. The van der Waals surface area contributed by atoms with Gasteiger partial charge in [-0.3, -0.25) is 19.8 Å². The Morgan fingerprint density at radius 1 is 1.22 bits per heavy atom. The van der Waals surface area contributed by atoms with E-state index in [1.165, 1.54) is 6.20 Å². The van der Waals surface area contributed by atoms with Crippen molar-refractivity contribution < 1.29 is 14.4 Å². The molecule has 1 aromatic heterocycles. The van der Waals surface area contributed by atoms with Gasteiger partial charge in [0.05, 0.1) is 11.6 Å². The van der Waals surface area contributed by atoms with Gasteiger partial charge in [0.2, 0.25) is 11.8 Å². The molecule has 1 aromatic rings. The lowest BCUT2D eigenvalue weighted by Crippen LogP contribution is -2.51. The fourth-order valence-electron chi connectivity index (χ4n) is 2.77. The van der Waals surface area contributed by atoms with Crippen molar-refractivity contribution in [2.24, 2.45) is 5.92 Å². The summed E-state index contributed by atoms with van der Waals surface area (Å²) in [6.07, 6.45) is 2.76. The van der Waals surface area contributed by atoms with Crippen molar-refractivity contribution >= 4 is 35.3 Å². The molecule has 8 nitrogen and oxygen atoms in total. The molecule has 0 bridgehead atoms. The Balaban J connectivity index is 1.73. The number of carbonyl (C=O) groups is 3. The molecule has 27 heavy (non-hydrogen) atoms. The molecule has 0 aliphatic carbocycles. The molecule has 2 rings (SSSR count). The Morgan fingerprint density at radius 3 is 2.44 bits per heavy atom. The van der Waals surface area contributed by atoms with E-state index in [0.29, 0.717) is 36.8 Å². The maximum Gasteiger partial charge on any atom is 0.321 e. The van der Waals surface area contributed by atoms with Gasteiger partial charge in [0.1, 0.15) is 5.82 Å². The van der Waals surface area contributed by atoms with E-state index in [9.17, 15) is 14.4 Å². The number of amides is 4. The molecule has 1 aliphatic heterocycles. The Kier molecular flexibility index (Phi) is 7.15. The highest BCUT2D eigenvalue weighted by molar-refractivity contribution is 6.30. The predicted octanol–water partition coefficient (Wildman–Crippen LogP) is 2.01. The number of hydrogen-bond acceptors (Lipinski definition) is 5. The number of imide groups is 1. The highest BCUT2D eigenvalue weighted by atomic mass is 35.5. The topological polar surface area (TPSA) is 103 Å². The summed E-state index contributed by atoms with van der Waals surface area (Å²) in [6, 6.07) is 2.82. The molecule has 1 aliphatic rings. The van der Waals surface area contributed by atoms with Crippen molar-refractivity contribution in [1.29, 1.82) is 0 Å². The summed E-state index contributed by atoms with van der Waals surface area (Å²) in [5, 5.41) is 8.30. The molecule has 1 saturated heterocycles. The lowest BCUT2D eigenvalue weighted by atomic mass is 9.96. The number of piperidine rings is 1. The number of rotatable bonds is 4. The summed E-state index contributed by atoms with van der Waals surface area (Å²) in [5.74, 6) is -0.106. The normalized spacial score (nSPS) is 15.9. The van der Waals surface area contributed by atoms with E-state index in [2.05, 4.69) is 20.9 Å². The average Bonchev–Trinajstić information content (AvgIpc) is 2.55. The first-order chi connectivity index (χ1) is 12.6. The number of pyridine rings is 1. The fraction of sp³-hybridized carbons (Fsp3) is 0.556. The van der Waals surface area contributed by atoms with Crippen molar-refractivity contribution in [3.05, 3.63) is 23.4 Å². The Morgan fingerprint density at radius 2 is 1.89 bits per heavy atom. The monoisotopic (exact) mass is 395 g/mol. The number of hydrogen-bond donors (Lipinski definition) is 3. The van der Waals surface area contributed by atoms with E-state index >= 15 is 0 Å². The number of nitrogens with one attached hydrogen (secondary N) is 3. The van der Waals surface area contributed by atoms with Crippen molar-refractivity contribution in [2.45, 2.75) is 39.2 Å². The maximum absolute atomic E-state index is 12.3. The molecule has 0 saturated carbocycles. The van der Waals surface area contributed by atoms with Gasteiger partial charge < -0.3 is 10.6 Å². The predicted molar refractivity (Wildman–Crippen MR) is 103 cm³/mol. The van der Waals surface area contributed by atoms with Gasteiger partial charge in [0, 0.05) is 17.7 Å². The van der Waals surface area contributed by atoms with Crippen LogP contribution in [-0.4, -0.2) is 52.9 Å². The Hall–Kier alpha value is -2.19. The van der Waals surface area contributed by atoms with E-state index in [1.807, 2.05) is 25.7 Å². The summed E-state index contributed by atoms with van der Waals surface area (Å²) in [7, 11) is 0. The molecule has 0 aromatic carbocycles. The van der Waals surface area contributed by atoms with Crippen LogP contribution < -0.4 is 16.0 Å². The van der Waals surface area contributed by atoms with Crippen LogP contribution in [0, 0.1) is 5.92 Å². The Labute approximate surface area is 164 Å². The van der Waals surface area contributed by atoms with E-state index < -0.39 is 11.6 Å². The quantitative estimate of drug-likeness (QED) is 0.723. The summed E-state index contributed by atoms with van der Waals surface area (Å²) < 4.78 is 0. The van der Waals surface area contributed by atoms with Gasteiger partial charge in [-0.15, -0.1) is 0 Å². The van der Waals surface area contributed by atoms with Crippen LogP contribution in [0.1, 0.15) is 33.6 Å². The van der Waals surface area contributed by atoms with Gasteiger partial charge >= 0.3 is 6.03 Å². The lowest BCUT2D eigenvalue weighted by molar-refractivity contribution is -0.122. The SMILES string of the molecule is CC(C)(C)NC(=O)NC(=O)CN1CCC(C(=O)Nc2ccc(Cl)cn2)CC1. The highest BCUT2D eigenvalue weighted by Gasteiger charge is 2.26. The van der Waals surface area contributed by atoms with E-state index in [-0.39, 0.29) is 24.3 Å². The van der Waals surface area contributed by atoms with Crippen LogP contribution >= 0.6 is 11.6 Å². The summed E-state index contributed by atoms with van der Waals surface area (Å²) in [5.41, 5.74) is -0.408. The highest BCUT2D eigenvalue weighted by Crippen LogP contribution is 2.19. The molecule has 0 atom stereocenters. The van der Waals surface area contributed by atoms with E-state index in [0.717, 1.165) is 0 Å². The molecule has 1 fully saturated rings. The van der Waals surface area contributed by atoms with E-state index in [4.69, 9.17) is 11.6 Å². The first-order valence-corrected chi connectivity index (χ1v) is 9.27. The largest absolute Gasteiger partial charge is 0.333 e. The number of carbonyl (C=O) groups excluding carboxylic acids is 3. The zero-order chi connectivity index (χ0) is 20.0. The Bertz CT molecular complexity index is 679. The number of halogens is 1. The molecule has 0 radical (unpaired) electrons. The third kappa shape index (κ3) is 7.52. The van der Waals surface area contributed by atoms with E-state index in [1.54, 1.807) is 12.1 Å². The van der Waals surface area contributed by atoms with Crippen molar-refractivity contribution in [3.8, 4) is 0 Å². The first kappa shape index (κ1) is 21.1. The zero-order valence-electron chi connectivity index (χ0n) is 15.8. The minimum atomic E-state index is -0.503. The molecule has 0 unspecified atom stereocenters. The summed E-state index contributed by atoms with van der Waals surface area (Å²) >= 11 is 5.78. The van der Waals surface area contributed by atoms with Gasteiger partial charge in [0.25, 0.3) is 0 Å². The van der Waals surface area contributed by atoms with Crippen molar-refractivity contribution in [1.82, 2.24) is 20.5 Å². The molecule has 3 N–H and O–H groups in total. The zero-order valence-corrected chi connectivity index (χ0v) is 16.6. The third-order valence-corrected chi connectivity index (χ3v) is 4.27. The van der Waals surface area contributed by atoms with Crippen LogP contribution in [-0.2, 0) is 9.59 Å². The second kappa shape index (κ2) is 9.14. The summed E-state index contributed by atoms with van der Waals surface area (Å²) in [4.78, 5) is 42.0. The molecule has 4 amide bonds. The average molecular weight is 396 g/mol. The van der Waals surface area contributed by atoms with Crippen molar-refractivity contribution in [3.63, 3.8) is 0 Å². The fourth-order valence-corrected chi connectivity index (χ4v) is 2.88. The van der Waals surface area contributed by atoms with Crippen LogP contribution in [0.5, 0.6) is 0 Å².